The lowest BCUT2D eigenvalue weighted by Gasteiger charge is -2.23. The zero-order valence-electron chi connectivity index (χ0n) is 18.9. The Morgan fingerprint density at radius 2 is 1.76 bits per heavy atom. The number of anilines is 1. The highest BCUT2D eigenvalue weighted by Gasteiger charge is 2.29. The lowest BCUT2D eigenvalue weighted by molar-refractivity contribution is 0.397. The van der Waals surface area contributed by atoms with Gasteiger partial charge < -0.3 is 19.8 Å². The molecule has 8 nitrogen and oxygen atoms in total. The molecule has 0 radical (unpaired) electrons. The number of guanidine groups is 1. The zero-order chi connectivity index (χ0) is 23.2. The van der Waals surface area contributed by atoms with Gasteiger partial charge in [-0.25, -0.2) is 9.98 Å². The van der Waals surface area contributed by atoms with E-state index in [1.54, 1.807) is 14.2 Å². The molecule has 34 heavy (non-hydrogen) atoms. The van der Waals surface area contributed by atoms with Gasteiger partial charge in [0.1, 0.15) is 11.5 Å². The minimum absolute atomic E-state index is 0.323. The minimum atomic E-state index is -0.412. The summed E-state index contributed by atoms with van der Waals surface area (Å²) in [6, 6.07) is 22.3. The van der Waals surface area contributed by atoms with Gasteiger partial charge in [-0.3, -0.25) is 9.88 Å². The van der Waals surface area contributed by atoms with Gasteiger partial charge in [0.15, 0.2) is 12.1 Å². The molecule has 0 saturated heterocycles. The number of para-hydroxylation sites is 2. The largest absolute Gasteiger partial charge is 0.497 e. The van der Waals surface area contributed by atoms with Gasteiger partial charge in [-0.1, -0.05) is 42.5 Å². The van der Waals surface area contributed by atoms with Gasteiger partial charge in [0.05, 0.1) is 30.8 Å². The molecule has 0 fully saturated rings. The number of aromatic nitrogens is 3. The number of benzene rings is 3. The SMILES string of the molecule is COc1cc(OC)c2c([C@@H]3N=C(N)Nc4nc5ccccc5n43)cn(Cc3ccccc3)c2c1. The summed E-state index contributed by atoms with van der Waals surface area (Å²) in [6.45, 7) is 0.690. The minimum Gasteiger partial charge on any atom is -0.497 e. The molecule has 0 spiro atoms. The van der Waals surface area contributed by atoms with Gasteiger partial charge >= 0.3 is 0 Å². The molecule has 0 amide bonds. The highest BCUT2D eigenvalue weighted by atomic mass is 16.5. The maximum absolute atomic E-state index is 6.22. The first-order chi connectivity index (χ1) is 16.7. The second-order valence-electron chi connectivity index (χ2n) is 8.23. The van der Waals surface area contributed by atoms with Crippen LogP contribution in [0, 0.1) is 0 Å². The number of hydrogen-bond acceptors (Lipinski definition) is 6. The van der Waals surface area contributed by atoms with E-state index in [9.17, 15) is 0 Å². The van der Waals surface area contributed by atoms with Crippen LogP contribution in [0.4, 0.5) is 5.95 Å². The molecule has 3 N–H and O–H groups in total. The molecule has 3 heterocycles. The summed E-state index contributed by atoms with van der Waals surface area (Å²) in [4.78, 5) is 9.55. The zero-order valence-corrected chi connectivity index (χ0v) is 18.9. The van der Waals surface area contributed by atoms with E-state index in [2.05, 4.69) is 32.8 Å². The average Bonchev–Trinajstić information content (AvgIpc) is 3.41. The second kappa shape index (κ2) is 7.84. The highest BCUT2D eigenvalue weighted by Crippen LogP contribution is 2.42. The summed E-state index contributed by atoms with van der Waals surface area (Å²) >= 11 is 0. The fourth-order valence-electron chi connectivity index (χ4n) is 4.71. The van der Waals surface area contributed by atoms with Crippen LogP contribution < -0.4 is 20.5 Å². The number of imidazole rings is 1. The number of ether oxygens (including phenoxy) is 2. The van der Waals surface area contributed by atoms with Crippen molar-refractivity contribution in [2.24, 2.45) is 10.7 Å². The number of nitrogens with two attached hydrogens (primary N) is 1. The fraction of sp³-hybridized carbons (Fsp3) is 0.154. The topological polar surface area (TPSA) is 91.6 Å². The van der Waals surface area contributed by atoms with Gasteiger partial charge in [-0.2, -0.15) is 0 Å². The summed E-state index contributed by atoms with van der Waals surface area (Å²) in [7, 11) is 3.33. The normalized spacial score (nSPS) is 15.1. The molecule has 0 unspecified atom stereocenters. The molecule has 3 aromatic carbocycles. The van der Waals surface area contributed by atoms with E-state index >= 15 is 0 Å². The lowest BCUT2D eigenvalue weighted by atomic mass is 10.1. The van der Waals surface area contributed by atoms with Crippen LogP contribution in [0.1, 0.15) is 17.3 Å². The molecule has 170 valence electrons. The van der Waals surface area contributed by atoms with Crippen LogP contribution in [-0.2, 0) is 6.54 Å². The van der Waals surface area contributed by atoms with E-state index in [0.29, 0.717) is 18.5 Å². The van der Waals surface area contributed by atoms with Crippen molar-refractivity contribution in [3.8, 4) is 11.5 Å². The van der Waals surface area contributed by atoms with E-state index in [0.717, 1.165) is 39.0 Å². The lowest BCUT2D eigenvalue weighted by Crippen LogP contribution is -2.31. The van der Waals surface area contributed by atoms with Crippen LogP contribution in [0.15, 0.2) is 77.9 Å². The number of hydrogen-bond donors (Lipinski definition) is 2. The summed E-state index contributed by atoms with van der Waals surface area (Å²) < 4.78 is 15.7. The smallest absolute Gasteiger partial charge is 0.212 e. The Kier molecular flexibility index (Phi) is 4.65. The van der Waals surface area contributed by atoms with Crippen molar-refractivity contribution in [3.63, 3.8) is 0 Å². The third-order valence-corrected chi connectivity index (χ3v) is 6.22. The maximum atomic E-state index is 6.22. The molecule has 1 aliphatic rings. The van der Waals surface area contributed by atoms with E-state index in [-0.39, 0.29) is 0 Å². The Labute approximate surface area is 196 Å². The van der Waals surface area contributed by atoms with Gasteiger partial charge in [-0.05, 0) is 17.7 Å². The van der Waals surface area contributed by atoms with Crippen molar-refractivity contribution in [1.29, 1.82) is 0 Å². The molecule has 2 aromatic heterocycles. The Morgan fingerprint density at radius 1 is 0.971 bits per heavy atom. The predicted molar refractivity (Wildman–Crippen MR) is 134 cm³/mol. The second-order valence-corrected chi connectivity index (χ2v) is 8.23. The van der Waals surface area contributed by atoms with Crippen LogP contribution in [0.3, 0.4) is 0 Å². The third kappa shape index (κ3) is 3.14. The Bertz CT molecular complexity index is 1550. The molecule has 1 atom stereocenters. The molecule has 6 rings (SSSR count). The Hall–Kier alpha value is -4.46. The number of rotatable bonds is 5. The molecular weight excluding hydrogens is 428 g/mol. The van der Waals surface area contributed by atoms with E-state index in [1.165, 1.54) is 5.56 Å². The van der Waals surface area contributed by atoms with Crippen molar-refractivity contribution in [3.05, 3.63) is 84.1 Å². The van der Waals surface area contributed by atoms with Gasteiger partial charge in [0.2, 0.25) is 5.95 Å². The summed E-state index contributed by atoms with van der Waals surface area (Å²) in [5.74, 6) is 2.43. The third-order valence-electron chi connectivity index (χ3n) is 6.22. The Balaban J connectivity index is 1.62. The maximum Gasteiger partial charge on any atom is 0.212 e. The number of nitrogens with one attached hydrogen (secondary N) is 1. The number of methoxy groups -OCH3 is 2. The summed E-state index contributed by atoms with van der Waals surface area (Å²) in [5.41, 5.74) is 11.2. The summed E-state index contributed by atoms with van der Waals surface area (Å²) in [6.07, 6.45) is 1.72. The van der Waals surface area contributed by atoms with Crippen molar-refractivity contribution in [2.45, 2.75) is 12.7 Å². The van der Waals surface area contributed by atoms with E-state index in [4.69, 9.17) is 25.2 Å². The first-order valence-electron chi connectivity index (χ1n) is 11.0. The standard InChI is InChI=1S/C26H24N6O2/c1-33-17-12-21-23(22(13-17)34-2)18(15-31(21)14-16-8-4-3-5-9-16)24-29-25(27)30-26-28-19-10-6-7-11-20(19)32(24)26/h3-13,15,24H,14H2,1-2H3,(H3,27,28,29,30)/t24-/m1/s1. The molecular formula is C26H24N6O2. The van der Waals surface area contributed by atoms with E-state index in [1.807, 2.05) is 54.6 Å². The molecule has 0 saturated carbocycles. The van der Waals surface area contributed by atoms with Crippen LogP contribution in [0.2, 0.25) is 0 Å². The predicted octanol–water partition coefficient (Wildman–Crippen LogP) is 4.34. The fourth-order valence-corrected chi connectivity index (χ4v) is 4.71. The van der Waals surface area contributed by atoms with Crippen LogP contribution in [0.5, 0.6) is 11.5 Å². The van der Waals surface area contributed by atoms with E-state index < -0.39 is 6.17 Å². The Morgan fingerprint density at radius 3 is 2.56 bits per heavy atom. The van der Waals surface area contributed by atoms with Crippen molar-refractivity contribution < 1.29 is 9.47 Å². The van der Waals surface area contributed by atoms with Gasteiger partial charge in [-0.15, -0.1) is 0 Å². The van der Waals surface area contributed by atoms with Crippen molar-refractivity contribution >= 4 is 33.8 Å². The first kappa shape index (κ1) is 20.2. The number of fused-ring (bicyclic) bond motifs is 4. The number of aliphatic imine (C=N–C) groups is 1. The van der Waals surface area contributed by atoms with Gasteiger partial charge in [0.25, 0.3) is 0 Å². The van der Waals surface area contributed by atoms with Crippen LogP contribution >= 0.6 is 0 Å². The molecule has 8 heteroatoms. The highest BCUT2D eigenvalue weighted by molar-refractivity contribution is 5.97. The first-order valence-corrected chi connectivity index (χ1v) is 11.0. The van der Waals surface area contributed by atoms with Crippen molar-refractivity contribution in [2.75, 3.05) is 19.5 Å². The number of nitrogens with zero attached hydrogens (tertiary/aromatic N) is 4. The summed E-state index contributed by atoms with van der Waals surface area (Å²) in [5, 5.41) is 4.08. The molecule has 0 aliphatic carbocycles. The van der Waals surface area contributed by atoms with Crippen LogP contribution in [0.25, 0.3) is 21.9 Å². The van der Waals surface area contributed by atoms with Gasteiger partial charge in [0, 0.05) is 35.8 Å². The van der Waals surface area contributed by atoms with Crippen molar-refractivity contribution in [1.82, 2.24) is 14.1 Å². The quantitative estimate of drug-likeness (QED) is 0.414. The monoisotopic (exact) mass is 452 g/mol. The molecule has 5 aromatic rings. The average molecular weight is 453 g/mol. The molecule has 0 bridgehead atoms. The van der Waals surface area contributed by atoms with Crippen LogP contribution in [-0.4, -0.2) is 34.3 Å². The molecule has 1 aliphatic heterocycles.